The van der Waals surface area contributed by atoms with Crippen LogP contribution < -0.4 is 0 Å². The van der Waals surface area contributed by atoms with Gasteiger partial charge >= 0.3 is 0 Å². The quantitative estimate of drug-likeness (QED) is 0.795. The third-order valence-corrected chi connectivity index (χ3v) is 6.01. The number of hydroxylamine groups is 2. The van der Waals surface area contributed by atoms with Gasteiger partial charge in [0.25, 0.3) is 0 Å². The normalized spacial score (nSPS) is 36.9. The molecule has 3 atom stereocenters. The Morgan fingerprint density at radius 1 is 1.05 bits per heavy atom. The fourth-order valence-electron chi connectivity index (χ4n) is 4.50. The summed E-state index contributed by atoms with van der Waals surface area (Å²) in [6.07, 6.45) is 7.38. The summed E-state index contributed by atoms with van der Waals surface area (Å²) >= 11 is 0. The number of amides is 1. The Morgan fingerprint density at radius 2 is 1.95 bits per heavy atom. The van der Waals surface area contributed by atoms with E-state index in [2.05, 4.69) is 4.90 Å². The number of nitrogens with zero attached hydrogens (tertiary/aromatic N) is 2. The minimum absolute atomic E-state index is 0.0982. The van der Waals surface area contributed by atoms with Crippen LogP contribution in [0.3, 0.4) is 0 Å². The fraction of sp³-hybridized carbons (Fsp3) is 0.941. The van der Waals surface area contributed by atoms with Crippen LogP contribution in [0.1, 0.15) is 38.5 Å². The summed E-state index contributed by atoms with van der Waals surface area (Å²) in [5.74, 6) is 1.57. The van der Waals surface area contributed by atoms with Crippen molar-refractivity contribution in [2.45, 2.75) is 44.6 Å². The Labute approximate surface area is 132 Å². The molecule has 3 saturated heterocycles. The monoisotopic (exact) mass is 308 g/mol. The maximum Gasteiger partial charge on any atom is 0.249 e. The number of piperidine rings is 1. The highest BCUT2D eigenvalue weighted by molar-refractivity contribution is 5.78. The highest BCUT2D eigenvalue weighted by Gasteiger charge is 2.44. The van der Waals surface area contributed by atoms with Gasteiger partial charge in [-0.05, 0) is 38.0 Å². The SMILES string of the molecule is O=C([C@@H]1CCO[C@@H]2CCN(CC3CCC3)C[C@@H]21)N1CCCO1. The molecule has 0 spiro atoms. The second-order valence-corrected chi connectivity index (χ2v) is 7.44. The molecule has 22 heavy (non-hydrogen) atoms. The van der Waals surface area contributed by atoms with Crippen LogP contribution in [-0.2, 0) is 14.4 Å². The van der Waals surface area contributed by atoms with Crippen LogP contribution in [0, 0.1) is 17.8 Å². The molecule has 0 radical (unpaired) electrons. The minimum atomic E-state index is 0.0982. The molecule has 4 fully saturated rings. The van der Waals surface area contributed by atoms with E-state index in [9.17, 15) is 4.79 Å². The third kappa shape index (κ3) is 2.91. The molecule has 3 heterocycles. The molecule has 1 amide bonds. The van der Waals surface area contributed by atoms with Crippen molar-refractivity contribution in [1.29, 1.82) is 0 Å². The molecule has 0 aromatic carbocycles. The van der Waals surface area contributed by atoms with Crippen molar-refractivity contribution in [3.8, 4) is 0 Å². The van der Waals surface area contributed by atoms with Gasteiger partial charge < -0.3 is 9.64 Å². The topological polar surface area (TPSA) is 42.0 Å². The fourth-order valence-corrected chi connectivity index (χ4v) is 4.50. The molecule has 0 aromatic heterocycles. The van der Waals surface area contributed by atoms with E-state index in [4.69, 9.17) is 9.57 Å². The third-order valence-electron chi connectivity index (χ3n) is 6.01. The van der Waals surface area contributed by atoms with Gasteiger partial charge in [-0.2, -0.15) is 0 Å². The van der Waals surface area contributed by atoms with Crippen LogP contribution in [0.4, 0.5) is 0 Å². The zero-order valence-corrected chi connectivity index (χ0v) is 13.4. The van der Waals surface area contributed by atoms with Crippen LogP contribution in [0.2, 0.25) is 0 Å². The van der Waals surface area contributed by atoms with Crippen LogP contribution in [0.15, 0.2) is 0 Å². The van der Waals surface area contributed by atoms with E-state index in [1.54, 1.807) is 5.06 Å². The Kier molecular flexibility index (Phi) is 4.38. The summed E-state index contributed by atoms with van der Waals surface area (Å²) in [6.45, 7) is 5.58. The van der Waals surface area contributed by atoms with Crippen molar-refractivity contribution in [3.05, 3.63) is 0 Å². The first-order valence-corrected chi connectivity index (χ1v) is 9.09. The van der Waals surface area contributed by atoms with Gasteiger partial charge in [0.2, 0.25) is 5.91 Å². The molecule has 124 valence electrons. The number of rotatable bonds is 3. The van der Waals surface area contributed by atoms with E-state index in [0.717, 1.165) is 51.4 Å². The van der Waals surface area contributed by atoms with Crippen molar-refractivity contribution < 1.29 is 14.4 Å². The summed E-state index contributed by atoms with van der Waals surface area (Å²) in [7, 11) is 0. The Bertz CT molecular complexity index is 407. The van der Waals surface area contributed by atoms with Crippen molar-refractivity contribution >= 4 is 5.91 Å². The summed E-state index contributed by atoms with van der Waals surface area (Å²) in [5, 5.41) is 1.62. The molecule has 3 aliphatic heterocycles. The van der Waals surface area contributed by atoms with Crippen molar-refractivity contribution in [2.24, 2.45) is 17.8 Å². The number of carbonyl (C=O) groups excluding carboxylic acids is 1. The maximum absolute atomic E-state index is 12.8. The summed E-state index contributed by atoms with van der Waals surface area (Å²) in [4.78, 5) is 20.9. The van der Waals surface area contributed by atoms with E-state index in [1.165, 1.54) is 25.8 Å². The predicted octanol–water partition coefficient (Wildman–Crippen LogP) is 1.68. The van der Waals surface area contributed by atoms with Gasteiger partial charge in [0.15, 0.2) is 0 Å². The first-order chi connectivity index (χ1) is 10.8. The predicted molar refractivity (Wildman–Crippen MR) is 82.0 cm³/mol. The standard InChI is InChI=1S/C17H28N2O3/c20-17(19-7-2-9-22-19)14-6-10-21-16-5-8-18(12-15(14)16)11-13-3-1-4-13/h13-16H,1-12H2/t14-,15-,16-/m1/s1. The molecule has 4 rings (SSSR count). The zero-order chi connectivity index (χ0) is 14.9. The molecule has 1 aliphatic carbocycles. The maximum atomic E-state index is 12.8. The minimum Gasteiger partial charge on any atom is -0.378 e. The summed E-state index contributed by atoms with van der Waals surface area (Å²) in [6, 6.07) is 0. The lowest BCUT2D eigenvalue weighted by Crippen LogP contribution is -2.54. The van der Waals surface area contributed by atoms with Crippen LogP contribution in [-0.4, -0.2) is 61.4 Å². The number of likely N-dealkylation sites (tertiary alicyclic amines) is 1. The van der Waals surface area contributed by atoms with Crippen LogP contribution in [0.25, 0.3) is 0 Å². The lowest BCUT2D eigenvalue weighted by Gasteiger charge is -2.46. The number of carbonyl (C=O) groups is 1. The van der Waals surface area contributed by atoms with Crippen LogP contribution in [0.5, 0.6) is 0 Å². The van der Waals surface area contributed by atoms with E-state index < -0.39 is 0 Å². The molecule has 0 bridgehead atoms. The number of fused-ring (bicyclic) bond motifs is 1. The second-order valence-electron chi connectivity index (χ2n) is 7.44. The molecule has 5 heteroatoms. The Morgan fingerprint density at radius 3 is 2.68 bits per heavy atom. The molecule has 5 nitrogen and oxygen atoms in total. The molecular weight excluding hydrogens is 280 g/mol. The smallest absolute Gasteiger partial charge is 0.249 e. The van der Waals surface area contributed by atoms with Crippen molar-refractivity contribution in [3.63, 3.8) is 0 Å². The highest BCUT2D eigenvalue weighted by atomic mass is 16.7. The Hall–Kier alpha value is -0.650. The molecule has 4 aliphatic rings. The van der Waals surface area contributed by atoms with Gasteiger partial charge in [0, 0.05) is 38.1 Å². The summed E-state index contributed by atoms with van der Waals surface area (Å²) in [5.41, 5.74) is 0. The summed E-state index contributed by atoms with van der Waals surface area (Å²) < 4.78 is 5.98. The average Bonchev–Trinajstić information content (AvgIpc) is 3.04. The zero-order valence-electron chi connectivity index (χ0n) is 13.4. The first kappa shape index (κ1) is 14.9. The van der Waals surface area contributed by atoms with Crippen LogP contribution >= 0.6 is 0 Å². The largest absolute Gasteiger partial charge is 0.378 e. The van der Waals surface area contributed by atoms with Crippen molar-refractivity contribution in [2.75, 3.05) is 39.4 Å². The van der Waals surface area contributed by atoms with E-state index in [0.29, 0.717) is 12.5 Å². The van der Waals surface area contributed by atoms with Gasteiger partial charge in [-0.25, -0.2) is 5.06 Å². The lowest BCUT2D eigenvalue weighted by atomic mass is 9.78. The second kappa shape index (κ2) is 6.46. The van der Waals surface area contributed by atoms with E-state index in [-0.39, 0.29) is 17.9 Å². The van der Waals surface area contributed by atoms with E-state index >= 15 is 0 Å². The number of hydrogen-bond donors (Lipinski definition) is 0. The van der Waals surface area contributed by atoms with Gasteiger partial charge in [0.05, 0.1) is 19.3 Å². The molecule has 0 unspecified atom stereocenters. The molecule has 0 aromatic rings. The molecule has 0 N–H and O–H groups in total. The van der Waals surface area contributed by atoms with Crippen molar-refractivity contribution in [1.82, 2.24) is 9.96 Å². The van der Waals surface area contributed by atoms with Gasteiger partial charge in [-0.3, -0.25) is 9.63 Å². The molecule has 1 saturated carbocycles. The van der Waals surface area contributed by atoms with Gasteiger partial charge in [0.1, 0.15) is 0 Å². The number of hydrogen-bond acceptors (Lipinski definition) is 4. The Balaban J connectivity index is 1.41. The lowest BCUT2D eigenvalue weighted by molar-refractivity contribution is -0.185. The highest BCUT2D eigenvalue weighted by Crippen LogP contribution is 2.36. The van der Waals surface area contributed by atoms with E-state index in [1.807, 2.05) is 0 Å². The van der Waals surface area contributed by atoms with Gasteiger partial charge in [-0.15, -0.1) is 0 Å². The molecular formula is C17H28N2O3. The number of ether oxygens (including phenoxy) is 1. The van der Waals surface area contributed by atoms with Gasteiger partial charge in [-0.1, -0.05) is 6.42 Å². The average molecular weight is 308 g/mol. The first-order valence-electron chi connectivity index (χ1n) is 9.09.